The highest BCUT2D eigenvalue weighted by molar-refractivity contribution is 6.28. The zero-order chi connectivity index (χ0) is 10.3. The van der Waals surface area contributed by atoms with Gasteiger partial charge in [-0.05, 0) is 25.8 Å². The Kier molecular flexibility index (Phi) is 6.25. The van der Waals surface area contributed by atoms with Crippen LogP contribution in [0.3, 0.4) is 0 Å². The van der Waals surface area contributed by atoms with Crippen LogP contribution in [0.25, 0.3) is 0 Å². The molecular formula is C11H15ClO. The van der Waals surface area contributed by atoms with E-state index in [9.17, 15) is 4.79 Å². The predicted molar refractivity (Wildman–Crippen MR) is 57.8 cm³/mol. The van der Waals surface area contributed by atoms with Crippen LogP contribution in [0.4, 0.5) is 0 Å². The van der Waals surface area contributed by atoms with Gasteiger partial charge < -0.3 is 0 Å². The van der Waals surface area contributed by atoms with Gasteiger partial charge >= 0.3 is 0 Å². The fourth-order valence-electron chi connectivity index (χ4n) is 0.879. The lowest BCUT2D eigenvalue weighted by atomic mass is 10.1. The molecule has 2 heteroatoms. The Bertz CT molecular complexity index is 259. The Balaban J connectivity index is 4.56. The number of Topliss-reactive ketones (excluding diaryl/α,β-unsaturated/α-hetero) is 1. The number of hydrogen-bond donors (Lipinski definition) is 0. The molecule has 0 radical (unpaired) electrons. The van der Waals surface area contributed by atoms with Crippen LogP contribution in [0.1, 0.15) is 27.2 Å². The van der Waals surface area contributed by atoms with Gasteiger partial charge in [-0.25, -0.2) is 0 Å². The molecule has 0 N–H and O–H groups in total. The highest BCUT2D eigenvalue weighted by Crippen LogP contribution is 2.11. The van der Waals surface area contributed by atoms with Crippen molar-refractivity contribution in [2.75, 3.05) is 0 Å². The van der Waals surface area contributed by atoms with E-state index in [4.69, 9.17) is 11.6 Å². The molecule has 0 unspecified atom stereocenters. The van der Waals surface area contributed by atoms with Crippen molar-refractivity contribution in [1.82, 2.24) is 0 Å². The first-order valence-electron chi connectivity index (χ1n) is 4.28. The number of hydrogen-bond acceptors (Lipinski definition) is 1. The molecule has 0 aromatic carbocycles. The lowest BCUT2D eigenvalue weighted by Crippen LogP contribution is -1.96. The molecule has 1 nitrogen and oxygen atoms in total. The molecule has 0 spiro atoms. The van der Waals surface area contributed by atoms with Gasteiger partial charge in [-0.2, -0.15) is 0 Å². The van der Waals surface area contributed by atoms with Crippen LogP contribution < -0.4 is 0 Å². The highest BCUT2D eigenvalue weighted by atomic mass is 35.5. The quantitative estimate of drug-likeness (QED) is 0.498. The maximum Gasteiger partial charge on any atom is 0.160 e. The number of carbonyl (C=O) groups excluding carboxylic acids is 1. The lowest BCUT2D eigenvalue weighted by molar-refractivity contribution is -0.113. The summed E-state index contributed by atoms with van der Waals surface area (Å²) in [6.07, 6.45) is 6.83. The summed E-state index contributed by atoms with van der Waals surface area (Å²) in [5, 5.41) is 0. The molecule has 0 aromatic rings. The van der Waals surface area contributed by atoms with Crippen molar-refractivity contribution >= 4 is 17.4 Å². The predicted octanol–water partition coefficient (Wildman–Crippen LogP) is 3.61. The first-order chi connectivity index (χ1) is 6.13. The Hall–Kier alpha value is -0.820. The van der Waals surface area contributed by atoms with E-state index in [1.165, 1.54) is 12.5 Å². The molecule has 0 rings (SSSR count). The van der Waals surface area contributed by atoms with E-state index < -0.39 is 0 Å². The fraction of sp³-hybridized carbons (Fsp3) is 0.364. The number of carbonyl (C=O) groups is 1. The molecular weight excluding hydrogens is 184 g/mol. The van der Waals surface area contributed by atoms with Crippen molar-refractivity contribution in [3.8, 4) is 0 Å². The van der Waals surface area contributed by atoms with Crippen LogP contribution in [-0.2, 0) is 4.79 Å². The summed E-state index contributed by atoms with van der Waals surface area (Å²) in [7, 11) is 0. The SMILES string of the molecule is CC\C=C/C=C(C)\C(=C\Cl)C(C)=O. The van der Waals surface area contributed by atoms with E-state index in [0.717, 1.165) is 12.0 Å². The van der Waals surface area contributed by atoms with E-state index in [2.05, 4.69) is 6.92 Å². The summed E-state index contributed by atoms with van der Waals surface area (Å²) in [5.41, 5.74) is 2.79. The van der Waals surface area contributed by atoms with Gasteiger partial charge in [0.25, 0.3) is 0 Å². The van der Waals surface area contributed by atoms with Crippen LogP contribution in [0.15, 0.2) is 34.9 Å². The molecule has 0 atom stereocenters. The van der Waals surface area contributed by atoms with Gasteiger partial charge in [0.05, 0.1) is 0 Å². The molecule has 0 saturated heterocycles. The number of rotatable bonds is 4. The summed E-state index contributed by atoms with van der Waals surface area (Å²) in [4.78, 5) is 11.0. The summed E-state index contributed by atoms with van der Waals surface area (Å²) >= 11 is 5.52. The molecule has 0 fully saturated rings. The van der Waals surface area contributed by atoms with Crippen molar-refractivity contribution in [2.45, 2.75) is 27.2 Å². The third-order valence-corrected chi connectivity index (χ3v) is 1.85. The van der Waals surface area contributed by atoms with Gasteiger partial charge in [0.15, 0.2) is 5.78 Å². The van der Waals surface area contributed by atoms with E-state index in [1.54, 1.807) is 0 Å². The maximum atomic E-state index is 11.0. The van der Waals surface area contributed by atoms with Gasteiger partial charge in [-0.3, -0.25) is 4.79 Å². The second-order valence-corrected chi connectivity index (χ2v) is 2.98. The minimum atomic E-state index is -0.00588. The Morgan fingerprint density at radius 3 is 2.38 bits per heavy atom. The van der Waals surface area contributed by atoms with Gasteiger partial charge in [0, 0.05) is 11.1 Å². The Morgan fingerprint density at radius 1 is 1.38 bits per heavy atom. The van der Waals surface area contributed by atoms with Crippen molar-refractivity contribution < 1.29 is 4.79 Å². The van der Waals surface area contributed by atoms with Crippen molar-refractivity contribution in [2.24, 2.45) is 0 Å². The molecule has 0 aliphatic carbocycles. The largest absolute Gasteiger partial charge is 0.294 e. The van der Waals surface area contributed by atoms with Crippen LogP contribution in [0.5, 0.6) is 0 Å². The molecule has 13 heavy (non-hydrogen) atoms. The second-order valence-electron chi connectivity index (χ2n) is 2.77. The van der Waals surface area contributed by atoms with Gasteiger partial charge in [0.2, 0.25) is 0 Å². The molecule has 0 aliphatic heterocycles. The van der Waals surface area contributed by atoms with E-state index >= 15 is 0 Å². The Labute approximate surface area is 84.8 Å². The highest BCUT2D eigenvalue weighted by Gasteiger charge is 2.03. The number of allylic oxidation sites excluding steroid dienone is 5. The average molecular weight is 199 g/mol. The fourth-order valence-corrected chi connectivity index (χ4v) is 1.20. The van der Waals surface area contributed by atoms with Crippen LogP contribution >= 0.6 is 11.6 Å². The molecule has 0 aliphatic rings. The molecule has 72 valence electrons. The second kappa shape index (κ2) is 6.67. The van der Waals surface area contributed by atoms with Gasteiger partial charge in [-0.1, -0.05) is 36.8 Å². The zero-order valence-corrected chi connectivity index (χ0v) is 9.06. The summed E-state index contributed by atoms with van der Waals surface area (Å²) in [5.74, 6) is -0.00588. The lowest BCUT2D eigenvalue weighted by Gasteiger charge is -1.99. The monoisotopic (exact) mass is 198 g/mol. The van der Waals surface area contributed by atoms with Crippen molar-refractivity contribution in [1.29, 1.82) is 0 Å². The smallest absolute Gasteiger partial charge is 0.160 e. The summed E-state index contributed by atoms with van der Waals surface area (Å²) in [6, 6.07) is 0. The average Bonchev–Trinajstić information content (AvgIpc) is 2.05. The number of halogens is 1. The van der Waals surface area contributed by atoms with E-state index in [0.29, 0.717) is 5.57 Å². The molecule has 0 amide bonds. The first kappa shape index (κ1) is 12.2. The Morgan fingerprint density at radius 2 is 2.00 bits per heavy atom. The van der Waals surface area contributed by atoms with Gasteiger partial charge in [0.1, 0.15) is 0 Å². The molecule has 0 saturated carbocycles. The van der Waals surface area contributed by atoms with E-state index in [-0.39, 0.29) is 5.78 Å². The van der Waals surface area contributed by atoms with Crippen molar-refractivity contribution in [3.05, 3.63) is 34.9 Å². The minimum absolute atomic E-state index is 0.00588. The summed E-state index contributed by atoms with van der Waals surface area (Å²) < 4.78 is 0. The molecule has 0 bridgehead atoms. The van der Waals surface area contributed by atoms with Crippen LogP contribution in [-0.4, -0.2) is 5.78 Å². The normalized spacial score (nSPS) is 13.8. The number of ketones is 1. The van der Waals surface area contributed by atoms with Crippen LogP contribution in [0.2, 0.25) is 0 Å². The van der Waals surface area contributed by atoms with E-state index in [1.807, 2.05) is 25.2 Å². The third-order valence-electron chi connectivity index (χ3n) is 1.63. The minimum Gasteiger partial charge on any atom is -0.294 e. The maximum absolute atomic E-state index is 11.0. The van der Waals surface area contributed by atoms with Crippen molar-refractivity contribution in [3.63, 3.8) is 0 Å². The summed E-state index contributed by atoms with van der Waals surface area (Å²) in [6.45, 7) is 5.44. The van der Waals surface area contributed by atoms with Crippen LogP contribution in [0, 0.1) is 0 Å². The third kappa shape index (κ3) is 4.69. The first-order valence-corrected chi connectivity index (χ1v) is 4.72. The topological polar surface area (TPSA) is 17.1 Å². The van der Waals surface area contributed by atoms with Gasteiger partial charge in [-0.15, -0.1) is 0 Å². The zero-order valence-electron chi connectivity index (χ0n) is 8.30. The molecule has 0 heterocycles. The molecule has 0 aromatic heterocycles. The standard InChI is InChI=1S/C11H15ClO/c1-4-5-6-7-9(2)11(8-12)10(3)13/h5-8H,4H2,1-3H3/b6-5-,9-7-,11-8-.